The van der Waals surface area contributed by atoms with Gasteiger partial charge in [-0.3, -0.25) is 0 Å². The number of anilines is 1. The van der Waals surface area contributed by atoms with E-state index in [9.17, 15) is 4.39 Å². The molecule has 0 amide bonds. The fourth-order valence-corrected chi connectivity index (χ4v) is 2.08. The number of aryl methyl sites for hydroxylation is 2. The van der Waals surface area contributed by atoms with Crippen LogP contribution in [-0.2, 0) is 0 Å². The summed E-state index contributed by atoms with van der Waals surface area (Å²) in [6, 6.07) is 6.20. The minimum absolute atomic E-state index is 0.287. The zero-order valence-corrected chi connectivity index (χ0v) is 11.5. The first-order chi connectivity index (χ1) is 9.58. The van der Waals surface area contributed by atoms with E-state index >= 15 is 0 Å². The van der Waals surface area contributed by atoms with Gasteiger partial charge in [-0.2, -0.15) is 0 Å². The van der Waals surface area contributed by atoms with E-state index in [2.05, 4.69) is 15.3 Å². The number of halogens is 1. The molecule has 5 heteroatoms. The number of rotatable bonds is 2. The van der Waals surface area contributed by atoms with Crippen LogP contribution in [0.2, 0.25) is 0 Å². The van der Waals surface area contributed by atoms with Crippen LogP contribution in [0.1, 0.15) is 11.4 Å². The Morgan fingerprint density at radius 2 is 1.85 bits per heavy atom. The van der Waals surface area contributed by atoms with Gasteiger partial charge in [-0.1, -0.05) is 0 Å². The maximum atomic E-state index is 13.2. The third-order valence-corrected chi connectivity index (χ3v) is 3.26. The van der Waals surface area contributed by atoms with Crippen LogP contribution in [0.25, 0.3) is 22.4 Å². The first kappa shape index (κ1) is 12.6. The van der Waals surface area contributed by atoms with Crippen LogP contribution in [0, 0.1) is 19.7 Å². The van der Waals surface area contributed by atoms with Crippen molar-refractivity contribution in [3.63, 3.8) is 0 Å². The van der Waals surface area contributed by atoms with Crippen molar-refractivity contribution in [1.29, 1.82) is 0 Å². The molecule has 0 aliphatic rings. The third kappa shape index (κ3) is 2.01. The van der Waals surface area contributed by atoms with Gasteiger partial charge in [0.2, 0.25) is 0 Å². The van der Waals surface area contributed by atoms with Gasteiger partial charge >= 0.3 is 0 Å². The monoisotopic (exact) mass is 271 g/mol. The molecule has 102 valence electrons. The Balaban J connectivity index is 2.22. The number of hydrogen-bond donors (Lipinski definition) is 1. The van der Waals surface area contributed by atoms with Crippen LogP contribution >= 0.6 is 0 Å². The van der Waals surface area contributed by atoms with Crippen LogP contribution in [-0.4, -0.2) is 17.0 Å². The second-order valence-corrected chi connectivity index (χ2v) is 4.63. The van der Waals surface area contributed by atoms with Gasteiger partial charge < -0.3 is 9.73 Å². The molecule has 0 atom stereocenters. The van der Waals surface area contributed by atoms with Crippen LogP contribution in [0.3, 0.4) is 0 Å². The van der Waals surface area contributed by atoms with E-state index in [-0.39, 0.29) is 5.82 Å². The summed E-state index contributed by atoms with van der Waals surface area (Å²) in [7, 11) is 1.78. The molecule has 0 aliphatic heterocycles. The summed E-state index contributed by atoms with van der Waals surface area (Å²) in [6.45, 7) is 3.80. The van der Waals surface area contributed by atoms with Crippen molar-refractivity contribution in [2.45, 2.75) is 13.8 Å². The van der Waals surface area contributed by atoms with Gasteiger partial charge in [0.05, 0.1) is 11.4 Å². The molecule has 0 saturated carbocycles. The molecule has 4 nitrogen and oxygen atoms in total. The molecule has 0 radical (unpaired) electrons. The van der Waals surface area contributed by atoms with E-state index in [4.69, 9.17) is 4.42 Å². The predicted octanol–water partition coefficient (Wildman–Crippen LogP) is 3.69. The molecule has 1 aromatic carbocycles. The molecule has 2 heterocycles. The molecule has 0 unspecified atom stereocenters. The lowest BCUT2D eigenvalue weighted by atomic mass is 10.2. The Kier molecular flexibility index (Phi) is 2.89. The van der Waals surface area contributed by atoms with Crippen LogP contribution < -0.4 is 5.32 Å². The van der Waals surface area contributed by atoms with Gasteiger partial charge in [0.1, 0.15) is 17.1 Å². The maximum absolute atomic E-state index is 13.2. The summed E-state index contributed by atoms with van der Waals surface area (Å²) in [6.07, 6.45) is 0. The minimum atomic E-state index is -0.287. The molecule has 0 bridgehead atoms. The van der Waals surface area contributed by atoms with E-state index in [1.807, 2.05) is 13.8 Å². The van der Waals surface area contributed by atoms with Gasteiger partial charge in [-0.05, 0) is 38.1 Å². The zero-order chi connectivity index (χ0) is 14.3. The molecule has 1 N–H and O–H groups in total. The molecular formula is C15H14FN3O. The number of nitrogens with one attached hydrogen (secondary N) is 1. The van der Waals surface area contributed by atoms with Gasteiger partial charge in [0.15, 0.2) is 11.6 Å². The molecule has 2 aromatic heterocycles. The SMILES string of the molecule is CNc1nc(C)c(C)nc1-c1cc2cc(F)ccc2o1. The van der Waals surface area contributed by atoms with Gasteiger partial charge in [-0.15, -0.1) is 0 Å². The molecule has 3 aromatic rings. The summed E-state index contributed by atoms with van der Waals surface area (Å²) in [5.74, 6) is 0.933. The van der Waals surface area contributed by atoms with Crippen molar-refractivity contribution in [2.75, 3.05) is 12.4 Å². The van der Waals surface area contributed by atoms with Gasteiger partial charge in [-0.25, -0.2) is 14.4 Å². The normalized spacial score (nSPS) is 11.0. The number of nitrogens with zero attached hydrogens (tertiary/aromatic N) is 2. The predicted molar refractivity (Wildman–Crippen MR) is 76.2 cm³/mol. The average Bonchev–Trinajstić information content (AvgIpc) is 2.84. The Morgan fingerprint density at radius 1 is 1.10 bits per heavy atom. The largest absolute Gasteiger partial charge is 0.454 e. The maximum Gasteiger partial charge on any atom is 0.157 e. The molecule has 0 aliphatic carbocycles. The number of benzene rings is 1. The van der Waals surface area contributed by atoms with Crippen molar-refractivity contribution >= 4 is 16.8 Å². The summed E-state index contributed by atoms with van der Waals surface area (Å²) >= 11 is 0. The van der Waals surface area contributed by atoms with Gasteiger partial charge in [0.25, 0.3) is 0 Å². The van der Waals surface area contributed by atoms with Crippen molar-refractivity contribution in [3.05, 3.63) is 41.5 Å². The fourth-order valence-electron chi connectivity index (χ4n) is 2.08. The number of fused-ring (bicyclic) bond motifs is 1. The van der Waals surface area contributed by atoms with E-state index in [0.29, 0.717) is 28.2 Å². The summed E-state index contributed by atoms with van der Waals surface area (Å²) in [5, 5.41) is 3.72. The number of aromatic nitrogens is 2. The summed E-state index contributed by atoms with van der Waals surface area (Å²) in [4.78, 5) is 8.97. The standard InChI is InChI=1S/C15H14FN3O/c1-8-9(2)19-15(17-3)14(18-8)13-7-10-6-11(16)4-5-12(10)20-13/h4-7H,1-3H3,(H,17,19). The third-order valence-electron chi connectivity index (χ3n) is 3.26. The van der Waals surface area contributed by atoms with Crippen LogP contribution in [0.4, 0.5) is 10.2 Å². The van der Waals surface area contributed by atoms with Crippen LogP contribution in [0.5, 0.6) is 0 Å². The van der Waals surface area contributed by atoms with E-state index < -0.39 is 0 Å². The Morgan fingerprint density at radius 3 is 2.60 bits per heavy atom. The second kappa shape index (κ2) is 4.59. The molecular weight excluding hydrogens is 257 g/mol. The smallest absolute Gasteiger partial charge is 0.157 e. The number of hydrogen-bond acceptors (Lipinski definition) is 4. The molecule has 0 fully saturated rings. The van der Waals surface area contributed by atoms with E-state index in [1.54, 1.807) is 19.2 Å². The van der Waals surface area contributed by atoms with E-state index in [0.717, 1.165) is 11.4 Å². The topological polar surface area (TPSA) is 51.0 Å². The van der Waals surface area contributed by atoms with Gasteiger partial charge in [0, 0.05) is 12.4 Å². The lowest BCUT2D eigenvalue weighted by molar-refractivity contribution is 0.617. The highest BCUT2D eigenvalue weighted by Crippen LogP contribution is 2.31. The van der Waals surface area contributed by atoms with Crippen LogP contribution in [0.15, 0.2) is 28.7 Å². The molecule has 0 saturated heterocycles. The lowest BCUT2D eigenvalue weighted by Crippen LogP contribution is -2.02. The summed E-state index contributed by atoms with van der Waals surface area (Å²) in [5.41, 5.74) is 2.96. The lowest BCUT2D eigenvalue weighted by Gasteiger charge is -2.08. The zero-order valence-electron chi connectivity index (χ0n) is 11.5. The first-order valence-corrected chi connectivity index (χ1v) is 6.31. The Hall–Kier alpha value is -2.43. The quantitative estimate of drug-likeness (QED) is 0.772. The van der Waals surface area contributed by atoms with Crippen molar-refractivity contribution < 1.29 is 8.81 Å². The highest BCUT2D eigenvalue weighted by molar-refractivity contribution is 5.84. The average molecular weight is 271 g/mol. The van der Waals surface area contributed by atoms with Crippen molar-refractivity contribution in [2.24, 2.45) is 0 Å². The fraction of sp³-hybridized carbons (Fsp3) is 0.200. The second-order valence-electron chi connectivity index (χ2n) is 4.63. The number of furan rings is 1. The van der Waals surface area contributed by atoms with E-state index in [1.165, 1.54) is 12.1 Å². The van der Waals surface area contributed by atoms with Crippen molar-refractivity contribution in [1.82, 2.24) is 9.97 Å². The van der Waals surface area contributed by atoms with Crippen molar-refractivity contribution in [3.8, 4) is 11.5 Å². The Labute approximate surface area is 115 Å². The highest BCUT2D eigenvalue weighted by atomic mass is 19.1. The minimum Gasteiger partial charge on any atom is -0.454 e. The molecule has 20 heavy (non-hydrogen) atoms. The summed E-state index contributed by atoms with van der Waals surface area (Å²) < 4.78 is 19.0. The highest BCUT2D eigenvalue weighted by Gasteiger charge is 2.15. The first-order valence-electron chi connectivity index (χ1n) is 6.31. The molecule has 0 spiro atoms. The molecule has 3 rings (SSSR count). The Bertz CT molecular complexity index is 795.